The monoisotopic (exact) mass is 419 g/mol. The van der Waals surface area contributed by atoms with E-state index in [1.54, 1.807) is 18.7 Å². The van der Waals surface area contributed by atoms with Crippen molar-refractivity contribution in [1.82, 2.24) is 28.7 Å². The Labute approximate surface area is 177 Å². The maximum absolute atomic E-state index is 12.7. The highest BCUT2D eigenvalue weighted by atomic mass is 32.1. The molecule has 0 atom stereocenters. The maximum atomic E-state index is 12.7. The van der Waals surface area contributed by atoms with Gasteiger partial charge in [0.05, 0.1) is 5.69 Å². The SMILES string of the molecule is CC(C)n1cnnc1-c1cccc(NC(=O)c2cc(-n3cnc(C4CC4)c3)sn2)c1. The predicted octanol–water partition coefficient (Wildman–Crippen LogP) is 4.30. The lowest BCUT2D eigenvalue weighted by Gasteiger charge is -2.11. The molecule has 0 unspecified atom stereocenters. The summed E-state index contributed by atoms with van der Waals surface area (Å²) in [5.41, 5.74) is 3.07. The van der Waals surface area contributed by atoms with Crippen molar-refractivity contribution in [3.8, 4) is 16.4 Å². The quantitative estimate of drug-likeness (QED) is 0.503. The molecule has 0 saturated heterocycles. The second-order valence-corrected chi connectivity index (χ2v) is 8.50. The van der Waals surface area contributed by atoms with Crippen molar-refractivity contribution >= 4 is 23.1 Å². The second kappa shape index (κ2) is 7.49. The van der Waals surface area contributed by atoms with E-state index in [1.165, 1.54) is 24.4 Å². The summed E-state index contributed by atoms with van der Waals surface area (Å²) in [5.74, 6) is 1.11. The maximum Gasteiger partial charge on any atom is 0.275 e. The van der Waals surface area contributed by atoms with E-state index < -0.39 is 0 Å². The molecule has 1 fully saturated rings. The van der Waals surface area contributed by atoms with Gasteiger partial charge in [-0.15, -0.1) is 10.2 Å². The van der Waals surface area contributed by atoms with Gasteiger partial charge in [0.2, 0.25) is 0 Å². The van der Waals surface area contributed by atoms with Crippen molar-refractivity contribution in [1.29, 1.82) is 0 Å². The van der Waals surface area contributed by atoms with Crippen LogP contribution in [0.2, 0.25) is 0 Å². The standard InChI is InChI=1S/C21H21N7OS/c1-13(2)28-12-23-25-20(28)15-4-3-5-16(8-15)24-21(29)17-9-19(30-26-17)27-10-18(22-11-27)14-6-7-14/h3-5,8-14H,6-7H2,1-2H3,(H,24,29). The van der Waals surface area contributed by atoms with E-state index >= 15 is 0 Å². The molecule has 9 heteroatoms. The number of carbonyl (C=O) groups excluding carboxylic acids is 1. The van der Waals surface area contributed by atoms with Crippen LogP contribution in [0.1, 0.15) is 54.8 Å². The number of carbonyl (C=O) groups is 1. The zero-order chi connectivity index (χ0) is 20.7. The normalized spacial score (nSPS) is 13.7. The lowest BCUT2D eigenvalue weighted by Crippen LogP contribution is -2.12. The Morgan fingerprint density at radius 3 is 2.90 bits per heavy atom. The number of hydrogen-bond acceptors (Lipinski definition) is 6. The highest BCUT2D eigenvalue weighted by molar-refractivity contribution is 7.08. The van der Waals surface area contributed by atoms with Crippen LogP contribution < -0.4 is 5.32 Å². The average Bonchev–Trinajstić information content (AvgIpc) is 3.18. The molecule has 1 N–H and O–H groups in total. The third-order valence-electron chi connectivity index (χ3n) is 5.09. The molecule has 0 bridgehead atoms. The predicted molar refractivity (Wildman–Crippen MR) is 115 cm³/mol. The summed E-state index contributed by atoms with van der Waals surface area (Å²) in [6.07, 6.45) is 7.95. The van der Waals surface area contributed by atoms with E-state index in [-0.39, 0.29) is 11.9 Å². The van der Waals surface area contributed by atoms with E-state index in [1.807, 2.05) is 39.6 Å². The van der Waals surface area contributed by atoms with Crippen molar-refractivity contribution < 1.29 is 4.79 Å². The van der Waals surface area contributed by atoms with Crippen molar-refractivity contribution in [2.24, 2.45) is 0 Å². The van der Waals surface area contributed by atoms with Crippen LogP contribution in [0.25, 0.3) is 16.4 Å². The number of amides is 1. The fourth-order valence-corrected chi connectivity index (χ4v) is 3.99. The van der Waals surface area contributed by atoms with Crippen LogP contribution in [0.4, 0.5) is 5.69 Å². The molecule has 1 aliphatic carbocycles. The zero-order valence-corrected chi connectivity index (χ0v) is 17.5. The van der Waals surface area contributed by atoms with Crippen LogP contribution in [0.15, 0.2) is 49.2 Å². The Balaban J connectivity index is 1.33. The van der Waals surface area contributed by atoms with E-state index in [9.17, 15) is 4.79 Å². The third kappa shape index (κ3) is 3.63. The van der Waals surface area contributed by atoms with Gasteiger partial charge in [-0.3, -0.25) is 9.36 Å². The lowest BCUT2D eigenvalue weighted by atomic mass is 10.1. The molecular formula is C21H21N7OS. The molecule has 1 aliphatic rings. The van der Waals surface area contributed by atoms with Gasteiger partial charge >= 0.3 is 0 Å². The molecule has 30 heavy (non-hydrogen) atoms. The van der Waals surface area contributed by atoms with Crippen LogP contribution in [0, 0.1) is 0 Å². The smallest absolute Gasteiger partial charge is 0.275 e. The summed E-state index contributed by atoms with van der Waals surface area (Å²) in [7, 11) is 0. The van der Waals surface area contributed by atoms with Crippen molar-refractivity contribution in [3.63, 3.8) is 0 Å². The van der Waals surface area contributed by atoms with Crippen molar-refractivity contribution in [3.05, 3.63) is 60.6 Å². The Hall–Kier alpha value is -3.33. The van der Waals surface area contributed by atoms with Gasteiger partial charge in [-0.2, -0.15) is 4.37 Å². The molecule has 4 aromatic rings. The van der Waals surface area contributed by atoms with Crippen LogP contribution in [-0.2, 0) is 0 Å². The fraction of sp³-hybridized carbons (Fsp3) is 0.286. The molecule has 3 heterocycles. The van der Waals surface area contributed by atoms with Gasteiger partial charge in [0, 0.05) is 35.5 Å². The molecule has 1 saturated carbocycles. The molecule has 0 radical (unpaired) electrons. The molecule has 5 rings (SSSR count). The number of aromatic nitrogens is 6. The minimum absolute atomic E-state index is 0.241. The lowest BCUT2D eigenvalue weighted by molar-refractivity contribution is 0.102. The van der Waals surface area contributed by atoms with Crippen LogP contribution in [-0.4, -0.2) is 34.6 Å². The number of hydrogen-bond donors (Lipinski definition) is 1. The Morgan fingerprint density at radius 2 is 2.10 bits per heavy atom. The molecule has 8 nitrogen and oxygen atoms in total. The number of nitrogens with zero attached hydrogens (tertiary/aromatic N) is 6. The molecule has 1 amide bonds. The summed E-state index contributed by atoms with van der Waals surface area (Å²) in [4.78, 5) is 17.2. The molecule has 0 aliphatic heterocycles. The largest absolute Gasteiger partial charge is 0.321 e. The fourth-order valence-electron chi connectivity index (χ4n) is 3.30. The summed E-state index contributed by atoms with van der Waals surface area (Å²) in [6, 6.07) is 9.62. The Morgan fingerprint density at radius 1 is 1.23 bits per heavy atom. The number of imidazole rings is 1. The van der Waals surface area contributed by atoms with Gasteiger partial charge in [0.15, 0.2) is 5.82 Å². The summed E-state index contributed by atoms with van der Waals surface area (Å²) < 4.78 is 8.25. The van der Waals surface area contributed by atoms with Crippen molar-refractivity contribution in [2.75, 3.05) is 5.32 Å². The van der Waals surface area contributed by atoms with Gasteiger partial charge in [0.25, 0.3) is 5.91 Å². The van der Waals surface area contributed by atoms with Gasteiger partial charge in [-0.05, 0) is 50.4 Å². The molecule has 1 aromatic carbocycles. The summed E-state index contributed by atoms with van der Waals surface area (Å²) in [5, 5.41) is 12.0. The van der Waals surface area contributed by atoms with Crippen LogP contribution in [0.5, 0.6) is 0 Å². The molecular weight excluding hydrogens is 398 g/mol. The van der Waals surface area contributed by atoms with Gasteiger partial charge in [0.1, 0.15) is 23.3 Å². The number of nitrogens with one attached hydrogen (secondary N) is 1. The highest BCUT2D eigenvalue weighted by Crippen LogP contribution is 2.39. The van der Waals surface area contributed by atoms with E-state index in [0.29, 0.717) is 17.3 Å². The first-order valence-corrected chi connectivity index (χ1v) is 10.7. The number of rotatable bonds is 6. The average molecular weight is 420 g/mol. The molecule has 152 valence electrons. The Kier molecular flexibility index (Phi) is 4.66. The number of benzene rings is 1. The van der Waals surface area contributed by atoms with Gasteiger partial charge in [-0.1, -0.05) is 12.1 Å². The van der Waals surface area contributed by atoms with E-state index in [0.717, 1.165) is 22.1 Å². The van der Waals surface area contributed by atoms with Gasteiger partial charge in [-0.25, -0.2) is 4.98 Å². The highest BCUT2D eigenvalue weighted by Gasteiger charge is 2.26. The van der Waals surface area contributed by atoms with Crippen molar-refractivity contribution in [2.45, 2.75) is 38.6 Å². The summed E-state index contributed by atoms with van der Waals surface area (Å²) in [6.45, 7) is 4.15. The second-order valence-electron chi connectivity index (χ2n) is 7.72. The van der Waals surface area contributed by atoms with Crippen LogP contribution >= 0.6 is 11.5 Å². The van der Waals surface area contributed by atoms with Gasteiger partial charge < -0.3 is 9.88 Å². The van der Waals surface area contributed by atoms with E-state index in [2.05, 4.69) is 38.7 Å². The molecule has 0 spiro atoms. The van der Waals surface area contributed by atoms with Crippen LogP contribution in [0.3, 0.4) is 0 Å². The first-order valence-electron chi connectivity index (χ1n) is 9.91. The van der Waals surface area contributed by atoms with E-state index in [4.69, 9.17) is 0 Å². The first kappa shape index (κ1) is 18.7. The topological polar surface area (TPSA) is 90.5 Å². The third-order valence-corrected chi connectivity index (χ3v) is 5.89. The minimum Gasteiger partial charge on any atom is -0.321 e. The minimum atomic E-state index is -0.248. The Bertz CT molecular complexity index is 1200. The summed E-state index contributed by atoms with van der Waals surface area (Å²) >= 11 is 1.28. The first-order chi connectivity index (χ1) is 14.6. The zero-order valence-electron chi connectivity index (χ0n) is 16.7. The molecule has 3 aromatic heterocycles. The number of anilines is 1.